The second-order valence-electron chi connectivity index (χ2n) is 5.35. The van der Waals surface area contributed by atoms with Crippen molar-refractivity contribution in [1.29, 1.82) is 0 Å². The van der Waals surface area contributed by atoms with Crippen molar-refractivity contribution < 1.29 is 14.6 Å². The monoisotopic (exact) mass is 352 g/mol. The van der Waals surface area contributed by atoms with Gasteiger partial charge in [-0.15, -0.1) is 0 Å². The summed E-state index contributed by atoms with van der Waals surface area (Å²) >= 11 is 2.39. The first-order valence-corrected chi connectivity index (χ1v) is 7.14. The number of ether oxygens (including phenoxy) is 1. The number of esters is 1. The Bertz CT molecular complexity index is 325. The number of hydrogen-bond acceptors (Lipinski definition) is 3. The molecule has 0 heterocycles. The van der Waals surface area contributed by atoms with Crippen LogP contribution >= 0.6 is 22.6 Å². The van der Waals surface area contributed by atoms with Gasteiger partial charge >= 0.3 is 5.97 Å². The van der Waals surface area contributed by atoms with Crippen LogP contribution in [-0.4, -0.2) is 27.7 Å². The van der Waals surface area contributed by atoms with Crippen LogP contribution in [0.1, 0.15) is 33.6 Å². The molecule has 0 spiro atoms. The lowest BCUT2D eigenvalue weighted by Crippen LogP contribution is -2.55. The first-order valence-electron chi connectivity index (χ1n) is 5.89. The topological polar surface area (TPSA) is 46.5 Å². The molecule has 3 unspecified atom stereocenters. The zero-order valence-electron chi connectivity index (χ0n) is 10.9. The maximum absolute atomic E-state index is 11.2. The Labute approximate surface area is 117 Å². The summed E-state index contributed by atoms with van der Waals surface area (Å²) in [4.78, 5) is 11.2. The molecule has 0 bridgehead atoms. The van der Waals surface area contributed by atoms with Crippen molar-refractivity contribution in [3.05, 3.63) is 12.2 Å². The quantitative estimate of drug-likeness (QED) is 0.360. The van der Waals surface area contributed by atoms with E-state index in [2.05, 4.69) is 41.2 Å². The molecular formula is C13H21IO3. The predicted octanol–water partition coefficient (Wildman–Crippen LogP) is 2.71. The van der Waals surface area contributed by atoms with Gasteiger partial charge in [0.15, 0.2) is 0 Å². The highest BCUT2D eigenvalue weighted by molar-refractivity contribution is 14.1. The Morgan fingerprint density at radius 3 is 2.59 bits per heavy atom. The van der Waals surface area contributed by atoms with E-state index in [0.29, 0.717) is 3.92 Å². The van der Waals surface area contributed by atoms with Crippen LogP contribution in [0.5, 0.6) is 0 Å². The molecule has 4 heteroatoms. The summed E-state index contributed by atoms with van der Waals surface area (Å²) in [5.41, 5.74) is -1.21. The molecule has 0 radical (unpaired) electrons. The van der Waals surface area contributed by atoms with E-state index in [1.54, 1.807) is 6.08 Å². The van der Waals surface area contributed by atoms with Gasteiger partial charge in [-0.2, -0.15) is 0 Å². The number of halogens is 1. The molecule has 3 nitrogen and oxygen atoms in total. The fraction of sp³-hybridized carbons (Fsp3) is 0.769. The summed E-state index contributed by atoms with van der Waals surface area (Å²) in [6.07, 6.45) is 5.03. The molecule has 0 aromatic rings. The van der Waals surface area contributed by atoms with E-state index in [1.165, 1.54) is 13.2 Å². The second kappa shape index (κ2) is 5.26. The Morgan fingerprint density at radius 2 is 2.06 bits per heavy atom. The Hall–Kier alpha value is -0.100. The minimum atomic E-state index is -0.953. The summed E-state index contributed by atoms with van der Waals surface area (Å²) in [5.74, 6) is -0.276. The van der Waals surface area contributed by atoms with Crippen LogP contribution in [0.2, 0.25) is 0 Å². The molecule has 3 atom stereocenters. The molecular weight excluding hydrogens is 331 g/mol. The van der Waals surface area contributed by atoms with Crippen LogP contribution in [0.15, 0.2) is 12.2 Å². The molecule has 1 rings (SSSR count). The highest BCUT2D eigenvalue weighted by atomic mass is 127. The smallest absolute Gasteiger partial charge is 0.330 e. The minimum Gasteiger partial charge on any atom is -0.466 e. The molecule has 1 aliphatic carbocycles. The van der Waals surface area contributed by atoms with Gasteiger partial charge in [-0.05, 0) is 24.8 Å². The average Bonchev–Trinajstić information content (AvgIpc) is 2.29. The van der Waals surface area contributed by atoms with Gasteiger partial charge in [-0.1, -0.05) is 43.4 Å². The molecule has 1 fully saturated rings. The molecule has 1 N–H and O–H groups in total. The van der Waals surface area contributed by atoms with Crippen LogP contribution in [0.4, 0.5) is 0 Å². The summed E-state index contributed by atoms with van der Waals surface area (Å²) in [6, 6.07) is 0. The molecule has 17 heavy (non-hydrogen) atoms. The van der Waals surface area contributed by atoms with Gasteiger partial charge in [-0.25, -0.2) is 4.79 Å². The largest absolute Gasteiger partial charge is 0.466 e. The molecule has 0 aromatic heterocycles. The van der Waals surface area contributed by atoms with E-state index in [-0.39, 0.29) is 11.3 Å². The first kappa shape index (κ1) is 15.0. The van der Waals surface area contributed by atoms with Crippen molar-refractivity contribution in [2.24, 2.45) is 11.3 Å². The number of carbonyl (C=O) groups excluding carboxylic acids is 1. The van der Waals surface area contributed by atoms with E-state index in [0.717, 1.165) is 12.8 Å². The van der Waals surface area contributed by atoms with Crippen molar-refractivity contribution in [2.75, 3.05) is 7.11 Å². The highest BCUT2D eigenvalue weighted by Gasteiger charge is 2.52. The van der Waals surface area contributed by atoms with Crippen LogP contribution in [0.3, 0.4) is 0 Å². The maximum atomic E-state index is 11.2. The predicted molar refractivity (Wildman–Crippen MR) is 76.1 cm³/mol. The number of carbonyl (C=O) groups is 1. The number of methoxy groups -OCH3 is 1. The van der Waals surface area contributed by atoms with Crippen LogP contribution in [0.25, 0.3) is 0 Å². The molecule has 0 amide bonds. The number of hydrogen-bond donors (Lipinski definition) is 1. The van der Waals surface area contributed by atoms with Crippen LogP contribution < -0.4 is 0 Å². The van der Waals surface area contributed by atoms with Gasteiger partial charge < -0.3 is 9.84 Å². The van der Waals surface area contributed by atoms with E-state index in [4.69, 9.17) is 0 Å². The summed E-state index contributed by atoms with van der Waals surface area (Å²) in [7, 11) is 1.34. The number of alkyl halides is 1. The van der Waals surface area contributed by atoms with Crippen molar-refractivity contribution in [3.63, 3.8) is 0 Å². The summed E-state index contributed by atoms with van der Waals surface area (Å²) in [5, 5.41) is 10.9. The Morgan fingerprint density at radius 1 is 1.47 bits per heavy atom. The molecule has 1 saturated carbocycles. The van der Waals surface area contributed by atoms with E-state index >= 15 is 0 Å². The van der Waals surface area contributed by atoms with Crippen LogP contribution in [0, 0.1) is 11.3 Å². The van der Waals surface area contributed by atoms with E-state index in [9.17, 15) is 9.90 Å². The zero-order chi connectivity index (χ0) is 13.3. The van der Waals surface area contributed by atoms with Crippen LogP contribution in [-0.2, 0) is 9.53 Å². The third kappa shape index (κ3) is 2.67. The third-order valence-corrected chi connectivity index (χ3v) is 6.27. The molecule has 1 aliphatic rings. The standard InChI is InChI=1S/C13H21IO3/c1-9-5-6-10(14)12(2,3)13(9,16)8-7-11(15)17-4/h7-10,16H,5-6H2,1-4H3. The lowest BCUT2D eigenvalue weighted by Gasteiger charge is -2.51. The third-order valence-electron chi connectivity index (χ3n) is 4.09. The molecule has 98 valence electrons. The van der Waals surface area contributed by atoms with Gasteiger partial charge in [0.25, 0.3) is 0 Å². The van der Waals surface area contributed by atoms with E-state index in [1.807, 2.05) is 6.92 Å². The van der Waals surface area contributed by atoms with Gasteiger partial charge in [-0.3, -0.25) is 0 Å². The summed E-state index contributed by atoms with van der Waals surface area (Å²) in [6.45, 7) is 6.15. The second-order valence-corrected chi connectivity index (χ2v) is 6.85. The fourth-order valence-electron chi connectivity index (χ4n) is 2.51. The van der Waals surface area contributed by atoms with Gasteiger partial charge in [0.05, 0.1) is 12.7 Å². The highest BCUT2D eigenvalue weighted by Crippen LogP contribution is 2.50. The van der Waals surface area contributed by atoms with E-state index < -0.39 is 11.6 Å². The van der Waals surface area contributed by atoms with Gasteiger partial charge in [0, 0.05) is 15.4 Å². The number of aliphatic hydroxyl groups is 1. The summed E-state index contributed by atoms with van der Waals surface area (Å²) < 4.78 is 4.97. The molecule has 0 saturated heterocycles. The van der Waals surface area contributed by atoms with Crippen molar-refractivity contribution in [3.8, 4) is 0 Å². The Balaban J connectivity index is 3.03. The number of rotatable bonds is 2. The molecule has 0 aromatic carbocycles. The average molecular weight is 352 g/mol. The van der Waals surface area contributed by atoms with Crippen molar-refractivity contribution in [2.45, 2.75) is 43.1 Å². The first-order chi connectivity index (χ1) is 7.75. The molecule has 0 aliphatic heterocycles. The lowest BCUT2D eigenvalue weighted by molar-refractivity contribution is -0.135. The normalized spacial score (nSPS) is 37.1. The minimum absolute atomic E-state index is 0.143. The van der Waals surface area contributed by atoms with Crippen molar-refractivity contribution in [1.82, 2.24) is 0 Å². The Kier molecular flexibility index (Phi) is 4.63. The van der Waals surface area contributed by atoms with Crippen molar-refractivity contribution >= 4 is 28.6 Å². The van der Waals surface area contributed by atoms with Gasteiger partial charge in [0.2, 0.25) is 0 Å². The SMILES string of the molecule is COC(=O)C=CC1(O)C(C)CCC(I)C1(C)C. The fourth-order valence-corrected chi connectivity index (χ4v) is 3.36. The van der Waals surface area contributed by atoms with Gasteiger partial charge in [0.1, 0.15) is 0 Å². The lowest BCUT2D eigenvalue weighted by atomic mass is 9.60. The zero-order valence-corrected chi connectivity index (χ0v) is 13.0. The maximum Gasteiger partial charge on any atom is 0.330 e.